The molecular weight excluding hydrogens is 464 g/mol. The molecular formula is C21H14BrClO4S. The Bertz CT molecular complexity index is 1040. The first-order valence-corrected chi connectivity index (χ1v) is 10.0. The first-order chi connectivity index (χ1) is 13.3. The number of Topliss-reactive ketones (excluding diaryl/α,β-unsaturated/α-hetero) is 1. The van der Waals surface area contributed by atoms with Crippen LogP contribution < -0.4 is 0 Å². The number of hydrogen-bond donors (Lipinski definition) is 3. The van der Waals surface area contributed by atoms with Gasteiger partial charge >= 0.3 is 0 Å². The molecule has 3 aromatic carbocycles. The van der Waals surface area contributed by atoms with Crippen molar-refractivity contribution in [1.82, 2.24) is 0 Å². The maximum Gasteiger partial charge on any atom is 0.199 e. The van der Waals surface area contributed by atoms with Gasteiger partial charge in [-0.25, -0.2) is 0 Å². The van der Waals surface area contributed by atoms with Crippen LogP contribution in [-0.4, -0.2) is 21.1 Å². The van der Waals surface area contributed by atoms with Gasteiger partial charge in [-0.3, -0.25) is 4.79 Å². The first kappa shape index (κ1) is 20.3. The zero-order valence-electron chi connectivity index (χ0n) is 14.3. The quantitative estimate of drug-likeness (QED) is 0.230. The van der Waals surface area contributed by atoms with Crippen LogP contribution in [-0.2, 0) is 0 Å². The molecule has 0 spiro atoms. The van der Waals surface area contributed by atoms with Crippen LogP contribution in [0.3, 0.4) is 0 Å². The molecule has 4 nitrogen and oxygen atoms in total. The lowest BCUT2D eigenvalue weighted by molar-refractivity contribution is 0.104. The molecule has 0 saturated heterocycles. The lowest BCUT2D eigenvalue weighted by atomic mass is 10.1. The van der Waals surface area contributed by atoms with E-state index in [1.807, 2.05) is 24.3 Å². The molecule has 0 aromatic heterocycles. The van der Waals surface area contributed by atoms with Crippen LogP contribution in [0.5, 0.6) is 17.2 Å². The molecule has 142 valence electrons. The van der Waals surface area contributed by atoms with Crippen molar-refractivity contribution >= 4 is 51.2 Å². The van der Waals surface area contributed by atoms with E-state index < -0.39 is 0 Å². The van der Waals surface area contributed by atoms with Crippen LogP contribution in [0.2, 0.25) is 5.02 Å². The summed E-state index contributed by atoms with van der Waals surface area (Å²) in [4.78, 5) is 14.2. The molecule has 0 unspecified atom stereocenters. The molecule has 0 heterocycles. The summed E-state index contributed by atoms with van der Waals surface area (Å²) in [7, 11) is 0. The highest BCUT2D eigenvalue weighted by Gasteiger charge is 2.18. The van der Waals surface area contributed by atoms with Gasteiger partial charge in [-0.05, 0) is 58.4 Å². The Morgan fingerprint density at radius 2 is 1.57 bits per heavy atom. The van der Waals surface area contributed by atoms with Gasteiger partial charge in [-0.2, -0.15) is 0 Å². The minimum Gasteiger partial charge on any atom is -0.508 e. The Hall–Kier alpha value is -2.41. The Morgan fingerprint density at radius 3 is 2.18 bits per heavy atom. The summed E-state index contributed by atoms with van der Waals surface area (Å²) in [5.41, 5.74) is 0.447. The van der Waals surface area contributed by atoms with Crippen molar-refractivity contribution < 1.29 is 20.1 Å². The average molecular weight is 478 g/mol. The number of benzene rings is 3. The second-order valence-electron chi connectivity index (χ2n) is 5.77. The maximum atomic E-state index is 13.1. The van der Waals surface area contributed by atoms with E-state index in [2.05, 4.69) is 15.9 Å². The van der Waals surface area contributed by atoms with Crippen molar-refractivity contribution in [2.24, 2.45) is 0 Å². The van der Waals surface area contributed by atoms with E-state index in [1.165, 1.54) is 17.8 Å². The summed E-state index contributed by atoms with van der Waals surface area (Å²) < 4.78 is 0.800. The average Bonchev–Trinajstić information content (AvgIpc) is 2.65. The van der Waals surface area contributed by atoms with Crippen LogP contribution in [0, 0.1) is 0 Å². The number of thioether (sulfide) groups is 1. The molecule has 0 aliphatic heterocycles. The van der Waals surface area contributed by atoms with Gasteiger partial charge < -0.3 is 15.3 Å². The summed E-state index contributed by atoms with van der Waals surface area (Å²) in [6, 6.07) is 16.0. The van der Waals surface area contributed by atoms with E-state index in [1.54, 1.807) is 24.3 Å². The Labute approximate surface area is 179 Å². The van der Waals surface area contributed by atoms with E-state index in [0.717, 1.165) is 21.5 Å². The van der Waals surface area contributed by atoms with Crippen molar-refractivity contribution in [2.75, 3.05) is 0 Å². The molecule has 3 rings (SSSR count). The molecule has 0 aliphatic carbocycles. The second kappa shape index (κ2) is 8.73. The third-order valence-corrected chi connectivity index (χ3v) is 6.09. The van der Waals surface area contributed by atoms with Gasteiger partial charge in [0.25, 0.3) is 0 Å². The third-order valence-electron chi connectivity index (χ3n) is 3.78. The maximum absolute atomic E-state index is 13.1. The minimum absolute atomic E-state index is 0.0367. The number of phenols is 3. The van der Waals surface area contributed by atoms with Gasteiger partial charge in [0.05, 0.1) is 10.5 Å². The number of phenolic OH excluding ortho intramolecular Hbond substituents is 3. The van der Waals surface area contributed by atoms with E-state index in [9.17, 15) is 20.1 Å². The van der Waals surface area contributed by atoms with Crippen LogP contribution in [0.25, 0.3) is 6.08 Å². The number of ketones is 1. The second-order valence-corrected chi connectivity index (χ2v) is 8.15. The van der Waals surface area contributed by atoms with Gasteiger partial charge in [0.1, 0.15) is 17.2 Å². The fraction of sp³-hybridized carbons (Fsp3) is 0. The van der Waals surface area contributed by atoms with Crippen LogP contribution >= 0.6 is 39.3 Å². The van der Waals surface area contributed by atoms with E-state index >= 15 is 0 Å². The Kier molecular flexibility index (Phi) is 6.34. The SMILES string of the molecule is O=C(/C(=C\c1c(O)cc(O)cc1O)Sc1ccccc1Br)c1ccc(Cl)cc1. The molecule has 0 radical (unpaired) electrons. The summed E-state index contributed by atoms with van der Waals surface area (Å²) in [5.74, 6) is -1.27. The first-order valence-electron chi connectivity index (χ1n) is 8.04. The topological polar surface area (TPSA) is 77.8 Å². The van der Waals surface area contributed by atoms with Crippen molar-refractivity contribution in [1.29, 1.82) is 0 Å². The van der Waals surface area contributed by atoms with Crippen LogP contribution in [0.15, 0.2) is 74.9 Å². The summed E-state index contributed by atoms with van der Waals surface area (Å²) in [5, 5.41) is 30.3. The summed E-state index contributed by atoms with van der Waals surface area (Å²) in [6.45, 7) is 0. The van der Waals surface area contributed by atoms with Crippen LogP contribution in [0.1, 0.15) is 15.9 Å². The molecule has 28 heavy (non-hydrogen) atoms. The molecule has 0 bridgehead atoms. The Morgan fingerprint density at radius 1 is 0.964 bits per heavy atom. The normalized spacial score (nSPS) is 11.4. The molecule has 3 N–H and O–H groups in total. The number of allylic oxidation sites excluding steroid dienone is 1. The standard InChI is InChI=1S/C21H14BrClO4S/c22-16-3-1-2-4-19(16)28-20(21(27)12-5-7-13(23)8-6-12)11-15-17(25)9-14(24)10-18(15)26/h1-11,24-26H/b20-11+. The van der Waals surface area contributed by atoms with Crippen molar-refractivity contribution in [3.8, 4) is 17.2 Å². The fourth-order valence-corrected chi connectivity index (χ4v) is 4.01. The van der Waals surface area contributed by atoms with Gasteiger partial charge in [-0.1, -0.05) is 35.5 Å². The zero-order chi connectivity index (χ0) is 20.3. The molecule has 3 aromatic rings. The largest absolute Gasteiger partial charge is 0.508 e. The molecule has 0 saturated carbocycles. The molecule has 7 heteroatoms. The highest BCUT2D eigenvalue weighted by Crippen LogP contribution is 2.39. The highest BCUT2D eigenvalue weighted by molar-refractivity contribution is 9.10. The predicted octanol–water partition coefficient (Wildman–Crippen LogP) is 6.24. The number of halogens is 2. The highest BCUT2D eigenvalue weighted by atomic mass is 79.9. The molecule has 0 amide bonds. The third kappa shape index (κ3) is 4.70. The van der Waals surface area contributed by atoms with Gasteiger partial charge in [0.2, 0.25) is 0 Å². The van der Waals surface area contributed by atoms with Gasteiger partial charge in [0.15, 0.2) is 5.78 Å². The molecule has 0 atom stereocenters. The molecule has 0 aliphatic rings. The lowest BCUT2D eigenvalue weighted by Gasteiger charge is -2.10. The van der Waals surface area contributed by atoms with Crippen molar-refractivity contribution in [3.05, 3.63) is 86.2 Å². The number of carbonyl (C=O) groups is 1. The van der Waals surface area contributed by atoms with Gasteiger partial charge in [0, 0.05) is 32.1 Å². The predicted molar refractivity (Wildman–Crippen MR) is 115 cm³/mol. The van der Waals surface area contributed by atoms with Crippen molar-refractivity contribution in [2.45, 2.75) is 4.90 Å². The monoisotopic (exact) mass is 476 g/mol. The number of hydrogen-bond acceptors (Lipinski definition) is 5. The van der Waals surface area contributed by atoms with Crippen LogP contribution in [0.4, 0.5) is 0 Å². The lowest BCUT2D eigenvalue weighted by Crippen LogP contribution is -2.01. The Balaban J connectivity index is 2.10. The van der Waals surface area contributed by atoms with E-state index in [4.69, 9.17) is 11.6 Å². The smallest absolute Gasteiger partial charge is 0.199 e. The van der Waals surface area contributed by atoms with E-state index in [0.29, 0.717) is 10.6 Å². The van der Waals surface area contributed by atoms with Crippen molar-refractivity contribution in [3.63, 3.8) is 0 Å². The molecule has 0 fully saturated rings. The van der Waals surface area contributed by atoms with E-state index in [-0.39, 0.29) is 33.5 Å². The number of aromatic hydroxyl groups is 3. The minimum atomic E-state index is -0.341. The number of rotatable bonds is 5. The zero-order valence-corrected chi connectivity index (χ0v) is 17.4. The summed E-state index contributed by atoms with van der Waals surface area (Å²) in [6.07, 6.45) is 1.39. The number of carbonyl (C=O) groups excluding carboxylic acids is 1. The fourth-order valence-electron chi connectivity index (χ4n) is 2.42. The summed E-state index contributed by atoms with van der Waals surface area (Å²) >= 11 is 10.5. The van der Waals surface area contributed by atoms with Gasteiger partial charge in [-0.15, -0.1) is 0 Å².